The molecule has 5 heteroatoms. The molecule has 0 aromatic rings. The second kappa shape index (κ2) is 7.40. The van der Waals surface area contributed by atoms with Gasteiger partial charge in [0.05, 0.1) is 0 Å². The summed E-state index contributed by atoms with van der Waals surface area (Å²) in [5, 5.41) is 3.40. The zero-order valence-corrected chi connectivity index (χ0v) is 11.7. The molecule has 0 radical (unpaired) electrons. The van der Waals surface area contributed by atoms with Gasteiger partial charge in [-0.15, -0.1) is 0 Å². The normalized spacial score (nSPS) is 23.5. The molecule has 2 rings (SSSR count). The Morgan fingerprint density at radius 2 is 1.72 bits per heavy atom. The first-order chi connectivity index (χ1) is 8.83. The lowest BCUT2D eigenvalue weighted by atomic mass is 10.1. The summed E-state index contributed by atoms with van der Waals surface area (Å²) in [4.78, 5) is 5.03. The summed E-state index contributed by atoms with van der Waals surface area (Å²) in [5.41, 5.74) is 0. The molecule has 0 aliphatic carbocycles. The number of likely N-dealkylation sites (tertiary alicyclic amines) is 1. The molecular formula is C13H27N3O2. The van der Waals surface area contributed by atoms with E-state index in [-0.39, 0.29) is 6.29 Å². The van der Waals surface area contributed by atoms with Crippen LogP contribution in [-0.2, 0) is 9.47 Å². The van der Waals surface area contributed by atoms with E-state index >= 15 is 0 Å². The van der Waals surface area contributed by atoms with Gasteiger partial charge in [0.2, 0.25) is 0 Å². The van der Waals surface area contributed by atoms with E-state index in [1.165, 1.54) is 13.1 Å². The minimum Gasteiger partial charge on any atom is -0.352 e. The molecule has 1 N–H and O–H groups in total. The van der Waals surface area contributed by atoms with Gasteiger partial charge in [0.15, 0.2) is 6.29 Å². The zero-order valence-electron chi connectivity index (χ0n) is 11.7. The van der Waals surface area contributed by atoms with Crippen LogP contribution in [-0.4, -0.2) is 81.2 Å². The molecule has 0 spiro atoms. The fourth-order valence-electron chi connectivity index (χ4n) is 2.71. The highest BCUT2D eigenvalue weighted by Gasteiger charge is 2.33. The predicted molar refractivity (Wildman–Crippen MR) is 71.7 cm³/mol. The maximum absolute atomic E-state index is 5.58. The van der Waals surface area contributed by atoms with Crippen LogP contribution in [0.3, 0.4) is 0 Å². The molecule has 0 saturated carbocycles. The number of nitrogens with zero attached hydrogens (tertiary/aromatic N) is 2. The van der Waals surface area contributed by atoms with Crippen molar-refractivity contribution in [2.24, 2.45) is 0 Å². The Kier molecular flexibility index (Phi) is 5.85. The van der Waals surface area contributed by atoms with Crippen molar-refractivity contribution in [2.45, 2.75) is 26.2 Å². The SMILES string of the molecule is CCOC(CN1CC(N2CCNCC2)C1)OCC. The summed E-state index contributed by atoms with van der Waals surface area (Å²) in [6.07, 6.45) is -0.0519. The van der Waals surface area contributed by atoms with Crippen LogP contribution >= 0.6 is 0 Å². The van der Waals surface area contributed by atoms with Gasteiger partial charge in [-0.25, -0.2) is 0 Å². The molecule has 18 heavy (non-hydrogen) atoms. The number of piperazine rings is 1. The van der Waals surface area contributed by atoms with Gasteiger partial charge in [-0.2, -0.15) is 0 Å². The summed E-state index contributed by atoms with van der Waals surface area (Å²) in [7, 11) is 0. The largest absolute Gasteiger partial charge is 0.352 e. The Morgan fingerprint density at radius 3 is 2.28 bits per heavy atom. The van der Waals surface area contributed by atoms with Gasteiger partial charge in [0.1, 0.15) is 0 Å². The van der Waals surface area contributed by atoms with E-state index in [1.807, 2.05) is 13.8 Å². The molecule has 0 aromatic heterocycles. The third-order valence-electron chi connectivity index (χ3n) is 3.72. The average molecular weight is 257 g/mol. The van der Waals surface area contributed by atoms with Gasteiger partial charge >= 0.3 is 0 Å². The molecule has 2 heterocycles. The Balaban J connectivity index is 1.64. The summed E-state index contributed by atoms with van der Waals surface area (Å²) in [6, 6.07) is 0.746. The lowest BCUT2D eigenvalue weighted by Gasteiger charge is -2.47. The average Bonchev–Trinajstić information content (AvgIpc) is 2.34. The second-order valence-corrected chi connectivity index (χ2v) is 5.00. The molecule has 5 nitrogen and oxygen atoms in total. The molecule has 2 aliphatic heterocycles. The van der Waals surface area contributed by atoms with Gasteiger partial charge in [-0.1, -0.05) is 0 Å². The number of hydrogen-bond donors (Lipinski definition) is 1. The Morgan fingerprint density at radius 1 is 1.11 bits per heavy atom. The lowest BCUT2D eigenvalue weighted by Crippen LogP contribution is -2.63. The van der Waals surface area contributed by atoms with Crippen LogP contribution in [0.2, 0.25) is 0 Å². The summed E-state index contributed by atoms with van der Waals surface area (Å²) >= 11 is 0. The number of nitrogens with one attached hydrogen (secondary N) is 1. The Hall–Kier alpha value is -0.200. The standard InChI is InChI=1S/C13H27N3O2/c1-3-17-13(18-4-2)11-15-9-12(10-15)16-7-5-14-6-8-16/h12-14H,3-11H2,1-2H3. The molecule has 0 bridgehead atoms. The molecule has 2 aliphatic rings. The molecule has 2 fully saturated rings. The first-order valence-corrected chi connectivity index (χ1v) is 7.23. The van der Waals surface area contributed by atoms with Crippen LogP contribution in [0.25, 0.3) is 0 Å². The van der Waals surface area contributed by atoms with E-state index in [1.54, 1.807) is 0 Å². The van der Waals surface area contributed by atoms with E-state index in [9.17, 15) is 0 Å². The highest BCUT2D eigenvalue weighted by atomic mass is 16.7. The van der Waals surface area contributed by atoms with Gasteiger partial charge in [0, 0.05) is 65.1 Å². The lowest BCUT2D eigenvalue weighted by molar-refractivity contribution is -0.157. The van der Waals surface area contributed by atoms with Gasteiger partial charge < -0.3 is 14.8 Å². The maximum atomic E-state index is 5.58. The van der Waals surface area contributed by atoms with Crippen LogP contribution in [0.5, 0.6) is 0 Å². The van der Waals surface area contributed by atoms with Crippen molar-refractivity contribution in [1.29, 1.82) is 0 Å². The fourth-order valence-corrected chi connectivity index (χ4v) is 2.71. The van der Waals surface area contributed by atoms with Crippen molar-refractivity contribution >= 4 is 0 Å². The van der Waals surface area contributed by atoms with Crippen LogP contribution in [0.1, 0.15) is 13.8 Å². The minimum absolute atomic E-state index is 0.0519. The summed E-state index contributed by atoms with van der Waals surface area (Å²) in [6.45, 7) is 13.4. The molecule has 0 unspecified atom stereocenters. The predicted octanol–water partition coefficient (Wildman–Crippen LogP) is -0.0251. The molecular weight excluding hydrogens is 230 g/mol. The number of hydrogen-bond acceptors (Lipinski definition) is 5. The van der Waals surface area contributed by atoms with E-state index in [0.717, 1.165) is 52.0 Å². The number of ether oxygens (including phenoxy) is 2. The van der Waals surface area contributed by atoms with Crippen LogP contribution < -0.4 is 5.32 Å². The molecule has 0 aromatic carbocycles. The number of rotatable bonds is 7. The van der Waals surface area contributed by atoms with Crippen LogP contribution in [0, 0.1) is 0 Å². The van der Waals surface area contributed by atoms with Gasteiger partial charge in [-0.3, -0.25) is 9.80 Å². The molecule has 106 valence electrons. The first-order valence-electron chi connectivity index (χ1n) is 7.23. The minimum atomic E-state index is -0.0519. The second-order valence-electron chi connectivity index (χ2n) is 5.00. The van der Waals surface area contributed by atoms with Gasteiger partial charge in [-0.05, 0) is 13.8 Å². The van der Waals surface area contributed by atoms with Crippen molar-refractivity contribution in [3.05, 3.63) is 0 Å². The van der Waals surface area contributed by atoms with Crippen LogP contribution in [0.4, 0.5) is 0 Å². The van der Waals surface area contributed by atoms with Crippen molar-refractivity contribution < 1.29 is 9.47 Å². The van der Waals surface area contributed by atoms with Crippen molar-refractivity contribution in [1.82, 2.24) is 15.1 Å². The Bertz CT molecular complexity index is 222. The van der Waals surface area contributed by atoms with Crippen LogP contribution in [0.15, 0.2) is 0 Å². The van der Waals surface area contributed by atoms with Gasteiger partial charge in [0.25, 0.3) is 0 Å². The fraction of sp³-hybridized carbons (Fsp3) is 1.00. The van der Waals surface area contributed by atoms with E-state index in [0.29, 0.717) is 0 Å². The smallest absolute Gasteiger partial charge is 0.170 e. The highest BCUT2D eigenvalue weighted by molar-refractivity contribution is 4.90. The molecule has 0 atom stereocenters. The van der Waals surface area contributed by atoms with E-state index in [4.69, 9.17) is 9.47 Å². The summed E-state index contributed by atoms with van der Waals surface area (Å²) < 4.78 is 11.2. The first kappa shape index (κ1) is 14.2. The van der Waals surface area contributed by atoms with E-state index < -0.39 is 0 Å². The molecule has 0 amide bonds. The third kappa shape index (κ3) is 3.90. The third-order valence-corrected chi connectivity index (χ3v) is 3.72. The van der Waals surface area contributed by atoms with Crippen molar-refractivity contribution in [3.8, 4) is 0 Å². The van der Waals surface area contributed by atoms with Crippen molar-refractivity contribution in [3.63, 3.8) is 0 Å². The van der Waals surface area contributed by atoms with E-state index in [2.05, 4.69) is 15.1 Å². The molecule has 2 saturated heterocycles. The van der Waals surface area contributed by atoms with Crippen molar-refractivity contribution in [2.75, 3.05) is 59.0 Å². The quantitative estimate of drug-likeness (QED) is 0.649. The highest BCUT2D eigenvalue weighted by Crippen LogP contribution is 2.16. The monoisotopic (exact) mass is 257 g/mol. The summed E-state index contributed by atoms with van der Waals surface area (Å²) in [5.74, 6) is 0. The maximum Gasteiger partial charge on any atom is 0.170 e. The Labute approximate surface area is 110 Å². The topological polar surface area (TPSA) is 37.0 Å². The zero-order chi connectivity index (χ0) is 12.8.